The van der Waals surface area contributed by atoms with Crippen LogP contribution in [0.3, 0.4) is 0 Å². The quantitative estimate of drug-likeness (QED) is 0.694. The average molecular weight is 216 g/mol. The summed E-state index contributed by atoms with van der Waals surface area (Å²) in [7, 11) is 3.88. The molecule has 0 radical (unpaired) electrons. The molecule has 1 N–H and O–H groups in total. The van der Waals surface area contributed by atoms with Gasteiger partial charge in [0.05, 0.1) is 12.7 Å². The Morgan fingerprint density at radius 3 is 3.07 bits per heavy atom. The van der Waals surface area contributed by atoms with Crippen LogP contribution >= 0.6 is 0 Å². The van der Waals surface area contributed by atoms with Crippen LogP contribution in [0.1, 0.15) is 13.3 Å². The molecule has 1 saturated heterocycles. The molecule has 0 saturated carbocycles. The fourth-order valence-corrected chi connectivity index (χ4v) is 1.72. The first kappa shape index (κ1) is 12.9. The molecule has 0 aliphatic carbocycles. The van der Waals surface area contributed by atoms with E-state index in [-0.39, 0.29) is 0 Å². The van der Waals surface area contributed by atoms with Crippen molar-refractivity contribution in [3.63, 3.8) is 0 Å². The molecular weight excluding hydrogens is 192 g/mol. The third-order valence-corrected chi connectivity index (χ3v) is 2.79. The fourth-order valence-electron chi connectivity index (χ4n) is 1.72. The maximum absolute atomic E-state index is 5.67. The smallest absolute Gasteiger partial charge is 0.0826 e. The molecule has 2 unspecified atom stereocenters. The van der Waals surface area contributed by atoms with E-state index in [9.17, 15) is 0 Å². The predicted octanol–water partition coefficient (Wildman–Crippen LogP) is 0.332. The monoisotopic (exact) mass is 216 g/mol. The van der Waals surface area contributed by atoms with Gasteiger partial charge in [-0.25, -0.2) is 0 Å². The first-order chi connectivity index (χ1) is 7.22. The van der Waals surface area contributed by atoms with Gasteiger partial charge >= 0.3 is 0 Å². The highest BCUT2D eigenvalue weighted by Crippen LogP contribution is 2.02. The van der Waals surface area contributed by atoms with Gasteiger partial charge in [0.25, 0.3) is 0 Å². The van der Waals surface area contributed by atoms with Crippen molar-refractivity contribution in [1.29, 1.82) is 0 Å². The lowest BCUT2D eigenvalue weighted by molar-refractivity contribution is -0.0193. The van der Waals surface area contributed by atoms with E-state index in [4.69, 9.17) is 9.47 Å². The van der Waals surface area contributed by atoms with Gasteiger partial charge in [0, 0.05) is 39.4 Å². The van der Waals surface area contributed by atoms with E-state index < -0.39 is 0 Å². The van der Waals surface area contributed by atoms with E-state index in [1.54, 1.807) is 7.11 Å². The van der Waals surface area contributed by atoms with Crippen molar-refractivity contribution in [2.75, 3.05) is 47.0 Å². The molecule has 2 atom stereocenters. The molecular formula is C11H24N2O2. The van der Waals surface area contributed by atoms with Crippen LogP contribution in [0.5, 0.6) is 0 Å². The van der Waals surface area contributed by atoms with Crippen molar-refractivity contribution in [1.82, 2.24) is 10.2 Å². The molecule has 15 heavy (non-hydrogen) atoms. The fraction of sp³-hybridized carbons (Fsp3) is 1.00. The lowest BCUT2D eigenvalue weighted by atomic mass is 10.2. The SMILES string of the molecule is COCCC(C)NCC1CN(C)CCO1. The van der Waals surface area contributed by atoms with Crippen LogP contribution in [0.25, 0.3) is 0 Å². The third kappa shape index (κ3) is 5.47. The van der Waals surface area contributed by atoms with Gasteiger partial charge in [-0.05, 0) is 20.4 Å². The van der Waals surface area contributed by atoms with E-state index in [1.807, 2.05) is 0 Å². The maximum atomic E-state index is 5.67. The van der Waals surface area contributed by atoms with Gasteiger partial charge in [-0.2, -0.15) is 0 Å². The average Bonchev–Trinajstić information content (AvgIpc) is 2.23. The predicted molar refractivity (Wildman–Crippen MR) is 61.2 cm³/mol. The number of hydrogen-bond donors (Lipinski definition) is 1. The number of morpholine rings is 1. The number of nitrogens with one attached hydrogen (secondary N) is 1. The molecule has 0 amide bonds. The van der Waals surface area contributed by atoms with Gasteiger partial charge in [-0.1, -0.05) is 0 Å². The second-order valence-electron chi connectivity index (χ2n) is 4.35. The molecule has 1 heterocycles. The Labute approximate surface area is 92.9 Å². The first-order valence-corrected chi connectivity index (χ1v) is 5.75. The van der Waals surface area contributed by atoms with Crippen molar-refractivity contribution < 1.29 is 9.47 Å². The molecule has 0 aromatic carbocycles. The lowest BCUT2D eigenvalue weighted by Crippen LogP contribution is -2.46. The highest BCUT2D eigenvalue weighted by molar-refractivity contribution is 4.72. The standard InChI is InChI=1S/C11H24N2O2/c1-10(4-6-14-3)12-8-11-9-13(2)5-7-15-11/h10-12H,4-9H2,1-3H3. The summed E-state index contributed by atoms with van der Waals surface area (Å²) in [6.07, 6.45) is 1.40. The molecule has 90 valence electrons. The van der Waals surface area contributed by atoms with Gasteiger partial charge in [0.2, 0.25) is 0 Å². The number of nitrogens with zero attached hydrogens (tertiary/aromatic N) is 1. The first-order valence-electron chi connectivity index (χ1n) is 5.75. The summed E-state index contributed by atoms with van der Waals surface area (Å²) in [5, 5.41) is 3.48. The molecule has 0 bridgehead atoms. The largest absolute Gasteiger partial charge is 0.385 e. The molecule has 1 aliphatic heterocycles. The molecule has 0 aromatic heterocycles. The number of ether oxygens (including phenoxy) is 2. The lowest BCUT2D eigenvalue weighted by Gasteiger charge is -2.31. The Kier molecular flexibility index (Phi) is 6.17. The van der Waals surface area contributed by atoms with Crippen LogP contribution in [0, 0.1) is 0 Å². The maximum Gasteiger partial charge on any atom is 0.0826 e. The van der Waals surface area contributed by atoms with Gasteiger partial charge < -0.3 is 19.7 Å². The van der Waals surface area contributed by atoms with E-state index in [0.29, 0.717) is 12.1 Å². The number of methoxy groups -OCH3 is 1. The number of rotatable bonds is 6. The molecule has 1 fully saturated rings. The molecule has 4 heteroatoms. The zero-order chi connectivity index (χ0) is 11.1. The summed E-state index contributed by atoms with van der Waals surface area (Å²) >= 11 is 0. The Bertz CT molecular complexity index is 167. The van der Waals surface area contributed by atoms with E-state index in [0.717, 1.165) is 39.3 Å². The van der Waals surface area contributed by atoms with E-state index in [2.05, 4.69) is 24.2 Å². The molecule has 0 spiro atoms. The second-order valence-corrected chi connectivity index (χ2v) is 4.35. The van der Waals surface area contributed by atoms with Gasteiger partial charge in [0.15, 0.2) is 0 Å². The van der Waals surface area contributed by atoms with E-state index >= 15 is 0 Å². The summed E-state index contributed by atoms with van der Waals surface area (Å²) in [5.41, 5.74) is 0. The summed E-state index contributed by atoms with van der Waals surface area (Å²) < 4.78 is 10.7. The summed E-state index contributed by atoms with van der Waals surface area (Å²) in [6, 6.07) is 0.501. The molecule has 1 aliphatic rings. The minimum absolute atomic E-state index is 0.341. The van der Waals surface area contributed by atoms with Crippen LogP contribution in [-0.2, 0) is 9.47 Å². The Morgan fingerprint density at radius 2 is 2.40 bits per heavy atom. The van der Waals surface area contributed by atoms with Gasteiger partial charge in [-0.3, -0.25) is 0 Å². The minimum Gasteiger partial charge on any atom is -0.385 e. The van der Waals surface area contributed by atoms with E-state index in [1.165, 1.54) is 0 Å². The number of likely N-dealkylation sites (N-methyl/N-ethyl adjacent to an activating group) is 1. The summed E-state index contributed by atoms with van der Waals surface area (Å²) in [4.78, 5) is 2.32. The molecule has 4 nitrogen and oxygen atoms in total. The summed E-state index contributed by atoms with van der Waals surface area (Å²) in [6.45, 7) is 6.88. The second kappa shape index (κ2) is 7.17. The van der Waals surface area contributed by atoms with Crippen molar-refractivity contribution in [3.05, 3.63) is 0 Å². The third-order valence-electron chi connectivity index (χ3n) is 2.79. The Morgan fingerprint density at radius 1 is 1.60 bits per heavy atom. The van der Waals surface area contributed by atoms with Crippen LogP contribution in [0.4, 0.5) is 0 Å². The van der Waals surface area contributed by atoms with Gasteiger partial charge in [0.1, 0.15) is 0 Å². The number of hydrogen-bond acceptors (Lipinski definition) is 4. The van der Waals surface area contributed by atoms with Gasteiger partial charge in [-0.15, -0.1) is 0 Å². The van der Waals surface area contributed by atoms with Crippen LogP contribution in [0.15, 0.2) is 0 Å². The molecule has 0 aromatic rings. The normalized spacial score (nSPS) is 25.4. The zero-order valence-corrected chi connectivity index (χ0v) is 10.2. The highest BCUT2D eigenvalue weighted by Gasteiger charge is 2.17. The Hall–Kier alpha value is -0.160. The zero-order valence-electron chi connectivity index (χ0n) is 10.2. The van der Waals surface area contributed by atoms with Crippen molar-refractivity contribution in [2.24, 2.45) is 0 Å². The molecule has 1 rings (SSSR count). The van der Waals surface area contributed by atoms with Crippen molar-refractivity contribution >= 4 is 0 Å². The minimum atomic E-state index is 0.341. The van der Waals surface area contributed by atoms with Crippen molar-refractivity contribution in [3.8, 4) is 0 Å². The van der Waals surface area contributed by atoms with Crippen LogP contribution in [0.2, 0.25) is 0 Å². The van der Waals surface area contributed by atoms with Crippen LogP contribution < -0.4 is 5.32 Å². The summed E-state index contributed by atoms with van der Waals surface area (Å²) in [5.74, 6) is 0. The Balaban J connectivity index is 2.07. The topological polar surface area (TPSA) is 33.7 Å². The highest BCUT2D eigenvalue weighted by atomic mass is 16.5. The van der Waals surface area contributed by atoms with Crippen LogP contribution in [-0.4, -0.2) is 64.1 Å². The van der Waals surface area contributed by atoms with Crippen molar-refractivity contribution in [2.45, 2.75) is 25.5 Å².